The molecule has 1 amide bonds. The maximum Gasteiger partial charge on any atom is 0.268 e. The lowest BCUT2D eigenvalue weighted by molar-refractivity contribution is -0.870. The summed E-state index contributed by atoms with van der Waals surface area (Å²) in [6.07, 6.45) is 53.6. The summed E-state index contributed by atoms with van der Waals surface area (Å²) >= 11 is 0. The molecule has 0 fully saturated rings. The molecule has 0 heterocycles. The van der Waals surface area contributed by atoms with E-state index in [1.165, 1.54) is 154 Å². The van der Waals surface area contributed by atoms with Crippen LogP contribution in [0, 0.1) is 0 Å². The Bertz CT molecular complexity index is 1070. The van der Waals surface area contributed by atoms with Crippen LogP contribution in [0.1, 0.15) is 232 Å². The van der Waals surface area contributed by atoms with Gasteiger partial charge < -0.3 is 28.8 Å². The number of rotatable bonds is 46. The maximum atomic E-state index is 12.9. The third kappa shape index (κ3) is 44.8. The number of phosphoric ester groups is 1. The molecule has 0 saturated heterocycles. The van der Waals surface area contributed by atoms with Crippen LogP contribution in [-0.4, -0.2) is 68.5 Å². The molecule has 0 aliphatic heterocycles. The summed E-state index contributed by atoms with van der Waals surface area (Å²) in [4.78, 5) is 25.3. The highest BCUT2D eigenvalue weighted by molar-refractivity contribution is 7.45. The van der Waals surface area contributed by atoms with Crippen LogP contribution in [0.5, 0.6) is 0 Å². The lowest BCUT2D eigenvalue weighted by Gasteiger charge is -2.29. The summed E-state index contributed by atoms with van der Waals surface area (Å²) in [5.41, 5.74) is 0. The molecule has 0 spiro atoms. The van der Waals surface area contributed by atoms with Crippen molar-refractivity contribution in [1.82, 2.24) is 5.32 Å². The highest BCUT2D eigenvalue weighted by Crippen LogP contribution is 2.38. The number of phosphoric acid groups is 1. The normalized spacial score (nSPS) is 14.4. The van der Waals surface area contributed by atoms with Crippen molar-refractivity contribution in [2.75, 3.05) is 40.9 Å². The van der Waals surface area contributed by atoms with Gasteiger partial charge in [0.25, 0.3) is 7.82 Å². The van der Waals surface area contributed by atoms with E-state index < -0.39 is 26.6 Å². The van der Waals surface area contributed by atoms with Crippen molar-refractivity contribution in [3.63, 3.8) is 0 Å². The molecule has 2 N–H and O–H groups in total. The first kappa shape index (κ1) is 58.7. The zero-order valence-electron chi connectivity index (χ0n) is 40.2. The molecular formula is C51H99N2O6P. The second-order valence-corrected chi connectivity index (χ2v) is 19.9. The summed E-state index contributed by atoms with van der Waals surface area (Å²) in [6, 6.07) is -0.906. The van der Waals surface area contributed by atoms with Gasteiger partial charge in [0.05, 0.1) is 39.9 Å². The first-order valence-corrected chi connectivity index (χ1v) is 26.8. The SMILES string of the molecule is CCCCCC/C=C\CCCCCCCC(=O)NC(COP(=O)([O-])OCC[N+](C)(C)C)C(O)/C=C/CC/C=C/CCCCCCCCCCCCCCCCCCCCC. The van der Waals surface area contributed by atoms with E-state index in [1.807, 2.05) is 27.2 Å². The second kappa shape index (κ2) is 43.0. The predicted octanol–water partition coefficient (Wildman–Crippen LogP) is 14.0. The van der Waals surface area contributed by atoms with Crippen LogP contribution in [0.15, 0.2) is 36.5 Å². The fourth-order valence-corrected chi connectivity index (χ4v) is 8.00. The van der Waals surface area contributed by atoms with Gasteiger partial charge in [0.15, 0.2) is 0 Å². The summed E-state index contributed by atoms with van der Waals surface area (Å²) in [7, 11) is 1.24. The monoisotopic (exact) mass is 867 g/mol. The van der Waals surface area contributed by atoms with Gasteiger partial charge in [0.2, 0.25) is 5.91 Å². The molecule has 0 aliphatic carbocycles. The van der Waals surface area contributed by atoms with Crippen LogP contribution in [0.4, 0.5) is 0 Å². The molecule has 0 rings (SSSR count). The minimum atomic E-state index is -4.60. The molecule has 0 radical (unpaired) electrons. The Kier molecular flexibility index (Phi) is 42.1. The van der Waals surface area contributed by atoms with Gasteiger partial charge in [-0.15, -0.1) is 0 Å². The minimum Gasteiger partial charge on any atom is -0.756 e. The van der Waals surface area contributed by atoms with Gasteiger partial charge in [0.1, 0.15) is 13.2 Å². The standard InChI is InChI=1S/C51H99N2O6P/c1-6-8-10-12-14-16-18-20-21-22-23-24-25-26-27-28-29-30-31-33-34-36-38-40-42-44-50(54)49(48-59-60(56,57)58-47-46-53(3,4)5)52-51(55)45-43-41-39-37-35-32-19-17-15-13-11-9-7-2/h17,19,34,36,42,44,49-50,54H,6-16,18,20-33,35,37-41,43,45-48H2,1-5H3,(H-,52,55,56,57)/b19-17-,36-34+,44-42+. The van der Waals surface area contributed by atoms with Crippen LogP contribution in [-0.2, 0) is 18.4 Å². The maximum absolute atomic E-state index is 12.9. The number of hydrogen-bond donors (Lipinski definition) is 2. The second-order valence-electron chi connectivity index (χ2n) is 18.5. The van der Waals surface area contributed by atoms with Gasteiger partial charge in [-0.25, -0.2) is 0 Å². The molecule has 60 heavy (non-hydrogen) atoms. The number of nitrogens with one attached hydrogen (secondary N) is 1. The number of amides is 1. The van der Waals surface area contributed by atoms with E-state index in [0.29, 0.717) is 17.4 Å². The third-order valence-corrected chi connectivity index (χ3v) is 12.3. The number of aliphatic hydroxyl groups is 1. The number of likely N-dealkylation sites (N-methyl/N-ethyl adjacent to an activating group) is 1. The van der Waals surface area contributed by atoms with E-state index in [-0.39, 0.29) is 12.5 Å². The Labute approximate surface area is 372 Å². The average molecular weight is 867 g/mol. The first-order valence-electron chi connectivity index (χ1n) is 25.4. The van der Waals surface area contributed by atoms with Crippen molar-refractivity contribution >= 4 is 13.7 Å². The Balaban J connectivity index is 4.29. The number of carbonyl (C=O) groups is 1. The minimum absolute atomic E-state index is 0.00776. The van der Waals surface area contributed by atoms with E-state index in [4.69, 9.17) is 9.05 Å². The van der Waals surface area contributed by atoms with E-state index in [1.54, 1.807) is 6.08 Å². The van der Waals surface area contributed by atoms with Gasteiger partial charge in [-0.1, -0.05) is 204 Å². The van der Waals surface area contributed by atoms with Gasteiger partial charge >= 0.3 is 0 Å². The number of quaternary nitrogens is 1. The predicted molar refractivity (Wildman–Crippen MR) is 256 cm³/mol. The lowest BCUT2D eigenvalue weighted by Crippen LogP contribution is -2.45. The van der Waals surface area contributed by atoms with Crippen LogP contribution < -0.4 is 10.2 Å². The molecule has 0 aromatic carbocycles. The smallest absolute Gasteiger partial charge is 0.268 e. The molecule has 0 saturated carbocycles. The van der Waals surface area contributed by atoms with Gasteiger partial charge in [-0.05, 0) is 57.8 Å². The summed E-state index contributed by atoms with van der Waals surface area (Å²) in [5, 5.41) is 13.8. The molecule has 3 unspecified atom stereocenters. The van der Waals surface area contributed by atoms with Gasteiger partial charge in [0, 0.05) is 6.42 Å². The number of hydrogen-bond acceptors (Lipinski definition) is 6. The highest BCUT2D eigenvalue weighted by Gasteiger charge is 2.23. The fraction of sp³-hybridized carbons (Fsp3) is 0.863. The summed E-state index contributed by atoms with van der Waals surface area (Å²) in [6.45, 7) is 4.61. The molecule has 0 aromatic heterocycles. The number of unbranched alkanes of at least 4 members (excludes halogenated alkanes) is 29. The van der Waals surface area contributed by atoms with E-state index in [0.717, 1.165) is 57.8 Å². The number of carbonyl (C=O) groups excluding carboxylic acids is 1. The zero-order chi connectivity index (χ0) is 44.3. The average Bonchev–Trinajstić information content (AvgIpc) is 3.20. The molecule has 8 nitrogen and oxygen atoms in total. The number of allylic oxidation sites excluding steroid dienone is 5. The van der Waals surface area contributed by atoms with Gasteiger partial charge in [-0.2, -0.15) is 0 Å². The Hall–Kier alpha value is -1.28. The number of nitrogens with zero attached hydrogens (tertiary/aromatic N) is 1. The van der Waals surface area contributed by atoms with Crippen LogP contribution >= 0.6 is 7.82 Å². The first-order chi connectivity index (χ1) is 29.0. The third-order valence-electron chi connectivity index (χ3n) is 11.3. The quantitative estimate of drug-likeness (QED) is 0.0273. The van der Waals surface area contributed by atoms with E-state index in [2.05, 4.69) is 43.5 Å². The summed E-state index contributed by atoms with van der Waals surface area (Å²) < 4.78 is 23.2. The Morgan fingerprint density at radius 2 is 0.933 bits per heavy atom. The molecule has 3 atom stereocenters. The molecular weight excluding hydrogens is 768 g/mol. The molecule has 354 valence electrons. The van der Waals surface area contributed by atoms with Crippen molar-refractivity contribution < 1.29 is 32.9 Å². The van der Waals surface area contributed by atoms with Crippen molar-refractivity contribution in [2.45, 2.75) is 244 Å². The largest absolute Gasteiger partial charge is 0.756 e. The molecule has 0 aliphatic rings. The fourth-order valence-electron chi connectivity index (χ4n) is 7.28. The Morgan fingerprint density at radius 1 is 0.567 bits per heavy atom. The van der Waals surface area contributed by atoms with Crippen molar-refractivity contribution in [3.05, 3.63) is 36.5 Å². The molecule has 0 aromatic rings. The lowest BCUT2D eigenvalue weighted by atomic mass is 10.0. The van der Waals surface area contributed by atoms with E-state index >= 15 is 0 Å². The van der Waals surface area contributed by atoms with Crippen LogP contribution in [0.3, 0.4) is 0 Å². The van der Waals surface area contributed by atoms with Crippen molar-refractivity contribution in [2.24, 2.45) is 0 Å². The van der Waals surface area contributed by atoms with E-state index in [9.17, 15) is 19.4 Å². The zero-order valence-corrected chi connectivity index (χ0v) is 41.1. The number of aliphatic hydroxyl groups excluding tert-OH is 1. The van der Waals surface area contributed by atoms with Crippen molar-refractivity contribution in [1.29, 1.82) is 0 Å². The van der Waals surface area contributed by atoms with Crippen LogP contribution in [0.25, 0.3) is 0 Å². The van der Waals surface area contributed by atoms with Crippen LogP contribution in [0.2, 0.25) is 0 Å². The van der Waals surface area contributed by atoms with Crippen molar-refractivity contribution in [3.8, 4) is 0 Å². The summed E-state index contributed by atoms with van der Waals surface area (Å²) in [5.74, 6) is -0.216. The molecule has 9 heteroatoms. The van der Waals surface area contributed by atoms with Gasteiger partial charge in [-0.3, -0.25) is 9.36 Å². The highest BCUT2D eigenvalue weighted by atomic mass is 31.2. The molecule has 0 bridgehead atoms. The Morgan fingerprint density at radius 3 is 1.37 bits per heavy atom. The topological polar surface area (TPSA) is 108 Å².